The predicted octanol–water partition coefficient (Wildman–Crippen LogP) is 3.77. The van der Waals surface area contributed by atoms with E-state index < -0.39 is 5.82 Å². The van der Waals surface area contributed by atoms with Gasteiger partial charge in [0.15, 0.2) is 17.3 Å². The molecule has 23 heavy (non-hydrogen) atoms. The van der Waals surface area contributed by atoms with E-state index in [0.717, 1.165) is 4.90 Å². The van der Waals surface area contributed by atoms with Gasteiger partial charge in [0.25, 0.3) is 0 Å². The number of amides is 1. The van der Waals surface area contributed by atoms with E-state index in [0.29, 0.717) is 11.3 Å². The smallest absolute Gasteiger partial charge is 0.221 e. The lowest BCUT2D eigenvalue weighted by Crippen LogP contribution is -2.05. The third kappa shape index (κ3) is 4.82. The molecule has 0 fully saturated rings. The summed E-state index contributed by atoms with van der Waals surface area (Å²) in [5, 5.41) is 2.67. The molecule has 1 N–H and O–H groups in total. The van der Waals surface area contributed by atoms with Crippen molar-refractivity contribution in [2.75, 3.05) is 18.2 Å². The molecule has 0 spiro atoms. The lowest BCUT2D eigenvalue weighted by Gasteiger charge is -2.06. The van der Waals surface area contributed by atoms with Crippen molar-refractivity contribution in [3.8, 4) is 5.75 Å². The first-order chi connectivity index (χ1) is 11.0. The van der Waals surface area contributed by atoms with Crippen molar-refractivity contribution in [1.29, 1.82) is 0 Å². The molecule has 0 saturated heterocycles. The molecule has 0 aliphatic rings. The SMILES string of the molecule is COc1ccc(C(=O)CSc2ccc(NC(C)=O)cc2)cc1F. The summed E-state index contributed by atoms with van der Waals surface area (Å²) in [6.07, 6.45) is 0. The number of thioether (sulfide) groups is 1. The van der Waals surface area contributed by atoms with Gasteiger partial charge in [0.1, 0.15) is 0 Å². The Morgan fingerprint density at radius 2 is 1.87 bits per heavy atom. The summed E-state index contributed by atoms with van der Waals surface area (Å²) in [4.78, 5) is 23.9. The first kappa shape index (κ1) is 17.0. The number of hydrogen-bond donors (Lipinski definition) is 1. The Morgan fingerprint density at radius 1 is 1.17 bits per heavy atom. The zero-order chi connectivity index (χ0) is 16.8. The normalized spacial score (nSPS) is 10.2. The molecular formula is C17H16FNO3S. The largest absolute Gasteiger partial charge is 0.494 e. The van der Waals surface area contributed by atoms with E-state index >= 15 is 0 Å². The molecule has 0 aliphatic heterocycles. The molecule has 4 nitrogen and oxygen atoms in total. The van der Waals surface area contributed by atoms with Gasteiger partial charge in [-0.1, -0.05) is 0 Å². The molecule has 0 bridgehead atoms. The standard InChI is InChI=1S/C17H16FNO3S/c1-11(20)19-13-4-6-14(7-5-13)23-10-16(21)12-3-8-17(22-2)15(18)9-12/h3-9H,10H2,1-2H3,(H,19,20). The van der Waals surface area contributed by atoms with Crippen molar-refractivity contribution < 1.29 is 18.7 Å². The number of nitrogens with one attached hydrogen (secondary N) is 1. The van der Waals surface area contributed by atoms with Crippen LogP contribution in [-0.4, -0.2) is 24.6 Å². The van der Waals surface area contributed by atoms with E-state index in [2.05, 4.69) is 5.32 Å². The average molecular weight is 333 g/mol. The number of carbonyl (C=O) groups excluding carboxylic acids is 2. The maximum atomic E-state index is 13.6. The zero-order valence-corrected chi connectivity index (χ0v) is 13.6. The quantitative estimate of drug-likeness (QED) is 0.646. The highest BCUT2D eigenvalue weighted by Crippen LogP contribution is 2.23. The van der Waals surface area contributed by atoms with Crippen molar-refractivity contribution in [1.82, 2.24) is 0 Å². The molecule has 2 aromatic rings. The van der Waals surface area contributed by atoms with Gasteiger partial charge < -0.3 is 10.1 Å². The number of ketones is 1. The van der Waals surface area contributed by atoms with Crippen molar-refractivity contribution in [3.63, 3.8) is 0 Å². The van der Waals surface area contributed by atoms with Crippen molar-refractivity contribution in [2.45, 2.75) is 11.8 Å². The highest BCUT2D eigenvalue weighted by atomic mass is 32.2. The fourth-order valence-electron chi connectivity index (χ4n) is 1.91. The van der Waals surface area contributed by atoms with E-state index in [9.17, 15) is 14.0 Å². The third-order valence-corrected chi connectivity index (χ3v) is 4.03. The van der Waals surface area contributed by atoms with Gasteiger partial charge in [-0.15, -0.1) is 11.8 Å². The summed E-state index contributed by atoms with van der Waals surface area (Å²) >= 11 is 1.35. The van der Waals surface area contributed by atoms with Gasteiger partial charge in [0.05, 0.1) is 12.9 Å². The average Bonchev–Trinajstić information content (AvgIpc) is 2.53. The summed E-state index contributed by atoms with van der Waals surface area (Å²) in [6, 6.07) is 11.3. The van der Waals surface area contributed by atoms with Crippen molar-refractivity contribution >= 4 is 29.1 Å². The number of halogens is 1. The highest BCUT2D eigenvalue weighted by molar-refractivity contribution is 8.00. The Kier molecular flexibility index (Phi) is 5.76. The molecule has 0 aromatic heterocycles. The van der Waals surface area contributed by atoms with E-state index in [1.54, 1.807) is 18.2 Å². The van der Waals surface area contributed by atoms with Gasteiger partial charge in [-0.3, -0.25) is 9.59 Å². The van der Waals surface area contributed by atoms with Crippen molar-refractivity contribution in [3.05, 3.63) is 53.8 Å². The molecule has 0 unspecified atom stereocenters. The summed E-state index contributed by atoms with van der Waals surface area (Å²) in [7, 11) is 1.38. The van der Waals surface area contributed by atoms with Gasteiger partial charge in [-0.25, -0.2) is 4.39 Å². The van der Waals surface area contributed by atoms with Crippen LogP contribution in [0.4, 0.5) is 10.1 Å². The predicted molar refractivity (Wildman–Crippen MR) is 88.8 cm³/mol. The molecule has 0 radical (unpaired) electrons. The van der Waals surface area contributed by atoms with Crippen LogP contribution in [0.2, 0.25) is 0 Å². The van der Waals surface area contributed by atoms with E-state index in [-0.39, 0.29) is 23.2 Å². The fourth-order valence-corrected chi connectivity index (χ4v) is 2.70. The van der Waals surface area contributed by atoms with Crippen LogP contribution < -0.4 is 10.1 Å². The van der Waals surface area contributed by atoms with Crippen LogP contribution in [0.25, 0.3) is 0 Å². The number of rotatable bonds is 6. The lowest BCUT2D eigenvalue weighted by molar-refractivity contribution is -0.114. The number of hydrogen-bond acceptors (Lipinski definition) is 4. The second-order valence-electron chi connectivity index (χ2n) is 4.77. The molecule has 2 aromatic carbocycles. The Labute approximate surface area is 138 Å². The molecule has 0 aliphatic carbocycles. The molecule has 0 atom stereocenters. The Bertz CT molecular complexity index is 716. The first-order valence-electron chi connectivity index (χ1n) is 6.87. The maximum absolute atomic E-state index is 13.6. The molecule has 0 heterocycles. The van der Waals surface area contributed by atoms with Crippen LogP contribution in [0.15, 0.2) is 47.4 Å². The first-order valence-corrected chi connectivity index (χ1v) is 7.85. The van der Waals surface area contributed by atoms with Crippen LogP contribution >= 0.6 is 11.8 Å². The second-order valence-corrected chi connectivity index (χ2v) is 5.82. The molecule has 120 valence electrons. The Balaban J connectivity index is 1.96. The van der Waals surface area contributed by atoms with Crippen LogP contribution in [0.3, 0.4) is 0 Å². The molecular weight excluding hydrogens is 317 g/mol. The molecule has 0 saturated carbocycles. The monoisotopic (exact) mass is 333 g/mol. The minimum Gasteiger partial charge on any atom is -0.494 e. The lowest BCUT2D eigenvalue weighted by atomic mass is 10.1. The van der Waals surface area contributed by atoms with Crippen LogP contribution in [0, 0.1) is 5.82 Å². The van der Waals surface area contributed by atoms with Gasteiger partial charge in [0, 0.05) is 23.1 Å². The molecule has 1 amide bonds. The summed E-state index contributed by atoms with van der Waals surface area (Å²) in [5.74, 6) is -0.541. The van der Waals surface area contributed by atoms with Crippen LogP contribution in [-0.2, 0) is 4.79 Å². The van der Waals surface area contributed by atoms with Gasteiger partial charge in [-0.2, -0.15) is 0 Å². The zero-order valence-electron chi connectivity index (χ0n) is 12.8. The Hall–Kier alpha value is -2.34. The highest BCUT2D eigenvalue weighted by Gasteiger charge is 2.10. The second kappa shape index (κ2) is 7.78. The van der Waals surface area contributed by atoms with Gasteiger partial charge in [-0.05, 0) is 42.5 Å². The van der Waals surface area contributed by atoms with E-state index in [1.807, 2.05) is 12.1 Å². The number of ether oxygens (including phenoxy) is 1. The van der Waals surface area contributed by atoms with E-state index in [4.69, 9.17) is 4.74 Å². The van der Waals surface area contributed by atoms with Crippen LogP contribution in [0.1, 0.15) is 17.3 Å². The minimum atomic E-state index is -0.553. The summed E-state index contributed by atoms with van der Waals surface area (Å²) in [6.45, 7) is 1.44. The van der Waals surface area contributed by atoms with Crippen molar-refractivity contribution in [2.24, 2.45) is 0 Å². The van der Waals surface area contributed by atoms with E-state index in [1.165, 1.54) is 37.9 Å². The topological polar surface area (TPSA) is 55.4 Å². The third-order valence-electron chi connectivity index (χ3n) is 3.02. The fraction of sp³-hybridized carbons (Fsp3) is 0.176. The number of anilines is 1. The molecule has 2 rings (SSSR count). The van der Waals surface area contributed by atoms with Crippen LogP contribution in [0.5, 0.6) is 5.75 Å². The minimum absolute atomic E-state index is 0.114. The number of Topliss-reactive ketones (excluding diaryl/α,β-unsaturated/α-hetero) is 1. The molecule has 6 heteroatoms. The van der Waals surface area contributed by atoms with Gasteiger partial charge in [0.2, 0.25) is 5.91 Å². The Morgan fingerprint density at radius 3 is 2.43 bits per heavy atom. The number of carbonyl (C=O) groups is 2. The van der Waals surface area contributed by atoms with Gasteiger partial charge >= 0.3 is 0 Å². The number of methoxy groups -OCH3 is 1. The maximum Gasteiger partial charge on any atom is 0.221 e. The number of benzene rings is 2. The summed E-state index contributed by atoms with van der Waals surface area (Å²) in [5.41, 5.74) is 1.01. The summed E-state index contributed by atoms with van der Waals surface area (Å²) < 4.78 is 18.4.